The van der Waals surface area contributed by atoms with E-state index in [9.17, 15) is 4.79 Å². The highest BCUT2D eigenvalue weighted by molar-refractivity contribution is 7.98. The summed E-state index contributed by atoms with van der Waals surface area (Å²) in [5.74, 6) is 1.25. The number of aromatic nitrogens is 3. The van der Waals surface area contributed by atoms with E-state index < -0.39 is 0 Å². The Bertz CT molecular complexity index is 974. The second-order valence-electron chi connectivity index (χ2n) is 6.05. The molecule has 0 saturated heterocycles. The SMILES string of the molecule is Cc1cccc(C(=O)NCc2nnc(SCc3ccc(Cl)c(Cl)c3)n2C)c1. The van der Waals surface area contributed by atoms with Crippen LogP contribution in [-0.4, -0.2) is 20.7 Å². The van der Waals surface area contributed by atoms with Gasteiger partial charge in [0, 0.05) is 18.4 Å². The van der Waals surface area contributed by atoms with Gasteiger partial charge in [-0.1, -0.05) is 58.7 Å². The van der Waals surface area contributed by atoms with Gasteiger partial charge in [-0.15, -0.1) is 10.2 Å². The van der Waals surface area contributed by atoms with Gasteiger partial charge in [-0.25, -0.2) is 0 Å². The van der Waals surface area contributed by atoms with Gasteiger partial charge in [-0.2, -0.15) is 0 Å². The van der Waals surface area contributed by atoms with E-state index in [0.717, 1.165) is 16.3 Å². The van der Waals surface area contributed by atoms with E-state index in [1.165, 1.54) is 0 Å². The number of aryl methyl sites for hydroxylation is 1. The van der Waals surface area contributed by atoms with Crippen LogP contribution in [0.25, 0.3) is 0 Å². The van der Waals surface area contributed by atoms with Crippen molar-refractivity contribution in [2.75, 3.05) is 0 Å². The predicted octanol–water partition coefficient (Wildman–Crippen LogP) is 4.65. The molecule has 0 atom stereocenters. The number of halogens is 2. The number of nitrogens with zero attached hydrogens (tertiary/aromatic N) is 3. The zero-order valence-corrected chi connectivity index (χ0v) is 17.2. The molecule has 0 bridgehead atoms. The third-order valence-electron chi connectivity index (χ3n) is 3.96. The quantitative estimate of drug-likeness (QED) is 0.589. The van der Waals surface area contributed by atoms with Crippen molar-refractivity contribution in [3.63, 3.8) is 0 Å². The molecule has 8 heteroatoms. The minimum absolute atomic E-state index is 0.133. The fourth-order valence-corrected chi connectivity index (χ4v) is 3.64. The van der Waals surface area contributed by atoms with E-state index in [-0.39, 0.29) is 5.91 Å². The van der Waals surface area contributed by atoms with E-state index in [2.05, 4.69) is 15.5 Å². The highest BCUT2D eigenvalue weighted by Gasteiger charge is 2.12. The van der Waals surface area contributed by atoms with Gasteiger partial charge in [0.05, 0.1) is 16.6 Å². The molecule has 0 fully saturated rings. The first kappa shape index (κ1) is 19.7. The maximum Gasteiger partial charge on any atom is 0.251 e. The van der Waals surface area contributed by atoms with Crippen molar-refractivity contribution in [1.29, 1.82) is 0 Å². The largest absolute Gasteiger partial charge is 0.345 e. The van der Waals surface area contributed by atoms with Crippen LogP contribution in [-0.2, 0) is 19.3 Å². The number of carbonyl (C=O) groups excluding carboxylic acids is 1. The van der Waals surface area contributed by atoms with E-state index in [1.807, 2.05) is 48.9 Å². The van der Waals surface area contributed by atoms with Crippen molar-refractivity contribution in [3.05, 3.63) is 75.0 Å². The fraction of sp³-hybridized carbons (Fsp3) is 0.211. The number of nitrogens with one attached hydrogen (secondary N) is 1. The Labute approximate surface area is 172 Å². The Morgan fingerprint density at radius 2 is 1.96 bits per heavy atom. The normalized spacial score (nSPS) is 10.8. The lowest BCUT2D eigenvalue weighted by Gasteiger charge is -2.07. The van der Waals surface area contributed by atoms with Crippen LogP contribution in [0.15, 0.2) is 47.6 Å². The maximum absolute atomic E-state index is 12.3. The van der Waals surface area contributed by atoms with E-state index >= 15 is 0 Å². The highest BCUT2D eigenvalue weighted by atomic mass is 35.5. The van der Waals surface area contributed by atoms with Crippen molar-refractivity contribution in [3.8, 4) is 0 Å². The second kappa shape index (κ2) is 8.78. The van der Waals surface area contributed by atoms with Crippen LogP contribution in [0.1, 0.15) is 27.3 Å². The summed E-state index contributed by atoms with van der Waals surface area (Å²) in [5, 5.41) is 13.1. The Kier molecular flexibility index (Phi) is 6.42. The van der Waals surface area contributed by atoms with Crippen molar-refractivity contribution >= 4 is 40.9 Å². The number of benzene rings is 2. The molecule has 5 nitrogen and oxygen atoms in total. The number of carbonyl (C=O) groups is 1. The third kappa shape index (κ3) is 5.03. The molecule has 27 heavy (non-hydrogen) atoms. The molecule has 0 aliphatic carbocycles. The lowest BCUT2D eigenvalue weighted by molar-refractivity contribution is 0.0949. The first-order valence-corrected chi connectivity index (χ1v) is 9.98. The zero-order chi connectivity index (χ0) is 19.4. The molecule has 140 valence electrons. The molecule has 1 aromatic heterocycles. The number of amides is 1. The van der Waals surface area contributed by atoms with Gasteiger partial charge in [-0.3, -0.25) is 4.79 Å². The molecule has 3 rings (SSSR count). The molecule has 0 aliphatic rings. The minimum Gasteiger partial charge on any atom is -0.345 e. The molecule has 1 N–H and O–H groups in total. The lowest BCUT2D eigenvalue weighted by atomic mass is 10.1. The van der Waals surface area contributed by atoms with Gasteiger partial charge < -0.3 is 9.88 Å². The molecule has 1 heterocycles. The van der Waals surface area contributed by atoms with Crippen LogP contribution >= 0.6 is 35.0 Å². The molecule has 0 radical (unpaired) electrons. The number of thioether (sulfide) groups is 1. The molecular formula is C19H18Cl2N4OS. The second-order valence-corrected chi connectivity index (χ2v) is 7.80. The number of hydrogen-bond donors (Lipinski definition) is 1. The van der Waals surface area contributed by atoms with Crippen LogP contribution in [0, 0.1) is 6.92 Å². The maximum atomic E-state index is 12.3. The van der Waals surface area contributed by atoms with Crippen molar-refractivity contribution in [2.24, 2.45) is 7.05 Å². The molecule has 0 aliphatic heterocycles. The van der Waals surface area contributed by atoms with E-state index in [4.69, 9.17) is 23.2 Å². The fourth-order valence-electron chi connectivity index (χ4n) is 2.45. The van der Waals surface area contributed by atoms with Gasteiger partial charge in [0.15, 0.2) is 11.0 Å². The molecule has 0 spiro atoms. The Balaban J connectivity index is 1.59. The van der Waals surface area contributed by atoms with Crippen molar-refractivity contribution in [1.82, 2.24) is 20.1 Å². The molecule has 2 aromatic carbocycles. The first-order chi connectivity index (χ1) is 12.9. The average molecular weight is 421 g/mol. The number of rotatable bonds is 6. The molecule has 0 unspecified atom stereocenters. The minimum atomic E-state index is -0.133. The van der Waals surface area contributed by atoms with Crippen molar-refractivity contribution < 1.29 is 4.79 Å². The van der Waals surface area contributed by atoms with Gasteiger partial charge >= 0.3 is 0 Å². The van der Waals surface area contributed by atoms with Gasteiger partial charge in [0.25, 0.3) is 5.91 Å². The van der Waals surface area contributed by atoms with Crippen molar-refractivity contribution in [2.45, 2.75) is 24.4 Å². The summed E-state index contributed by atoms with van der Waals surface area (Å²) < 4.78 is 1.87. The monoisotopic (exact) mass is 420 g/mol. The summed E-state index contributed by atoms with van der Waals surface area (Å²) in [6, 6.07) is 13.0. The summed E-state index contributed by atoms with van der Waals surface area (Å²) in [4.78, 5) is 12.3. The van der Waals surface area contributed by atoms with E-state index in [1.54, 1.807) is 23.9 Å². The van der Waals surface area contributed by atoms with Gasteiger partial charge in [0.1, 0.15) is 0 Å². The van der Waals surface area contributed by atoms with Crippen LogP contribution in [0.4, 0.5) is 0 Å². The summed E-state index contributed by atoms with van der Waals surface area (Å²) >= 11 is 13.5. The topological polar surface area (TPSA) is 59.8 Å². The van der Waals surface area contributed by atoms with E-state index in [0.29, 0.717) is 33.7 Å². The average Bonchev–Trinajstić information content (AvgIpc) is 3.00. The van der Waals surface area contributed by atoms with Crippen LogP contribution in [0.3, 0.4) is 0 Å². The zero-order valence-electron chi connectivity index (χ0n) is 14.9. The number of hydrogen-bond acceptors (Lipinski definition) is 4. The molecule has 0 saturated carbocycles. The Morgan fingerprint density at radius 1 is 1.15 bits per heavy atom. The Morgan fingerprint density at radius 3 is 2.70 bits per heavy atom. The lowest BCUT2D eigenvalue weighted by Crippen LogP contribution is -2.24. The van der Waals surface area contributed by atoms with Gasteiger partial charge in [-0.05, 0) is 36.8 Å². The highest BCUT2D eigenvalue weighted by Crippen LogP contribution is 2.27. The smallest absolute Gasteiger partial charge is 0.251 e. The van der Waals surface area contributed by atoms with Crippen LogP contribution < -0.4 is 5.32 Å². The summed E-state index contributed by atoms with van der Waals surface area (Å²) in [7, 11) is 1.88. The van der Waals surface area contributed by atoms with Gasteiger partial charge in [0.2, 0.25) is 0 Å². The predicted molar refractivity (Wildman–Crippen MR) is 109 cm³/mol. The first-order valence-electron chi connectivity index (χ1n) is 8.24. The summed E-state index contributed by atoms with van der Waals surface area (Å²) in [6.45, 7) is 2.26. The standard InChI is InChI=1S/C19H18Cl2N4OS/c1-12-4-3-5-14(8-12)18(26)22-10-17-23-24-19(25(17)2)27-11-13-6-7-15(20)16(21)9-13/h3-9H,10-11H2,1-2H3,(H,22,26). The summed E-state index contributed by atoms with van der Waals surface area (Å²) in [5.41, 5.74) is 2.72. The molecule has 3 aromatic rings. The summed E-state index contributed by atoms with van der Waals surface area (Å²) in [6.07, 6.45) is 0. The Hall–Kier alpha value is -2.02. The molecular weight excluding hydrogens is 403 g/mol. The molecule has 1 amide bonds. The van der Waals surface area contributed by atoms with Crippen LogP contribution in [0.2, 0.25) is 10.0 Å². The third-order valence-corrected chi connectivity index (χ3v) is 5.79. The van der Waals surface area contributed by atoms with Crippen LogP contribution in [0.5, 0.6) is 0 Å².